The van der Waals surface area contributed by atoms with E-state index in [9.17, 15) is 0 Å². The van der Waals surface area contributed by atoms with E-state index in [0.717, 1.165) is 5.56 Å². The van der Waals surface area contributed by atoms with E-state index in [1.807, 2.05) is 32.9 Å². The largest absolute Gasteiger partial charge is 0.474 e. The Morgan fingerprint density at radius 3 is 2.69 bits per heavy atom. The van der Waals surface area contributed by atoms with Crippen LogP contribution in [0.4, 0.5) is 0 Å². The van der Waals surface area contributed by atoms with Gasteiger partial charge in [0.15, 0.2) is 0 Å². The molecule has 0 spiro atoms. The molecule has 2 N–H and O–H groups in total. The Labute approximate surface area is 101 Å². The highest BCUT2D eigenvalue weighted by Gasteiger charge is 2.11. The summed E-state index contributed by atoms with van der Waals surface area (Å²) in [4.78, 5) is 0. The van der Waals surface area contributed by atoms with Crippen LogP contribution in [0.1, 0.15) is 19.4 Å². The maximum absolute atomic E-state index is 8.91. The van der Waals surface area contributed by atoms with Crippen molar-refractivity contribution >= 4 is 11.6 Å². The van der Waals surface area contributed by atoms with Crippen molar-refractivity contribution in [3.8, 4) is 5.75 Å². The van der Waals surface area contributed by atoms with Gasteiger partial charge in [0.2, 0.25) is 0 Å². The summed E-state index contributed by atoms with van der Waals surface area (Å²) in [7, 11) is 0. The van der Waals surface area contributed by atoms with Gasteiger partial charge in [0.1, 0.15) is 12.0 Å². The number of hydrogen-bond donors (Lipinski definition) is 2. The van der Waals surface area contributed by atoms with E-state index in [0.29, 0.717) is 10.8 Å². The van der Waals surface area contributed by atoms with Crippen molar-refractivity contribution in [3.05, 3.63) is 28.8 Å². The van der Waals surface area contributed by atoms with Crippen molar-refractivity contribution in [2.45, 2.75) is 33.0 Å². The number of rotatable bonds is 5. The highest BCUT2D eigenvalue weighted by molar-refractivity contribution is 6.32. The van der Waals surface area contributed by atoms with Gasteiger partial charge in [-0.2, -0.15) is 0 Å². The van der Waals surface area contributed by atoms with E-state index in [1.54, 1.807) is 6.07 Å². The minimum atomic E-state index is -0.194. The summed E-state index contributed by atoms with van der Waals surface area (Å²) in [5.74, 6) is 0.689. The lowest BCUT2D eigenvalue weighted by atomic mass is 10.2. The van der Waals surface area contributed by atoms with Crippen LogP contribution in [0.3, 0.4) is 0 Å². The zero-order chi connectivity index (χ0) is 12.1. The van der Waals surface area contributed by atoms with Crippen LogP contribution in [0.15, 0.2) is 18.2 Å². The minimum Gasteiger partial charge on any atom is -0.474 e. The molecule has 2 unspecified atom stereocenters. The molecule has 0 fully saturated rings. The first-order valence-corrected chi connectivity index (χ1v) is 5.71. The summed E-state index contributed by atoms with van der Waals surface area (Å²) < 4.78 is 5.69. The fourth-order valence-corrected chi connectivity index (χ4v) is 1.70. The molecule has 0 aliphatic carbocycles. The summed E-state index contributed by atoms with van der Waals surface area (Å²) in [6.07, 6.45) is -0.194. The second kappa shape index (κ2) is 6.09. The number of benzene rings is 1. The van der Waals surface area contributed by atoms with Gasteiger partial charge in [0.25, 0.3) is 0 Å². The summed E-state index contributed by atoms with van der Waals surface area (Å²) >= 11 is 6.04. The average Bonchev–Trinajstić information content (AvgIpc) is 2.23. The van der Waals surface area contributed by atoms with Crippen molar-refractivity contribution in [2.75, 3.05) is 6.61 Å². The molecule has 4 heteroatoms. The number of aliphatic hydroxyl groups is 1. The Bertz CT molecular complexity index is 324. The van der Waals surface area contributed by atoms with Crippen LogP contribution < -0.4 is 10.1 Å². The van der Waals surface area contributed by atoms with Crippen LogP contribution in [0.5, 0.6) is 5.75 Å². The van der Waals surface area contributed by atoms with Crippen molar-refractivity contribution < 1.29 is 9.84 Å². The van der Waals surface area contributed by atoms with Gasteiger partial charge in [0, 0.05) is 6.04 Å². The lowest BCUT2D eigenvalue weighted by Gasteiger charge is -2.21. The molecule has 0 saturated carbocycles. The first kappa shape index (κ1) is 13.3. The van der Waals surface area contributed by atoms with E-state index in [2.05, 4.69) is 5.32 Å². The molecule has 0 aromatic heterocycles. The van der Waals surface area contributed by atoms with Crippen LogP contribution in [0.25, 0.3) is 0 Å². The predicted octanol–water partition coefficient (Wildman–Crippen LogP) is 2.34. The number of para-hydroxylation sites is 1. The highest BCUT2D eigenvalue weighted by Crippen LogP contribution is 2.28. The number of aliphatic hydroxyl groups excluding tert-OH is 1. The molecule has 1 rings (SSSR count). The van der Waals surface area contributed by atoms with E-state index in [1.165, 1.54) is 0 Å². The van der Waals surface area contributed by atoms with Crippen LogP contribution in [-0.4, -0.2) is 24.0 Å². The van der Waals surface area contributed by atoms with Crippen LogP contribution >= 0.6 is 11.6 Å². The molecule has 0 amide bonds. The molecule has 16 heavy (non-hydrogen) atoms. The van der Waals surface area contributed by atoms with Gasteiger partial charge in [-0.1, -0.05) is 23.7 Å². The molecule has 3 nitrogen and oxygen atoms in total. The molecule has 0 radical (unpaired) electrons. The molecule has 0 aliphatic heterocycles. The van der Waals surface area contributed by atoms with Crippen LogP contribution in [0.2, 0.25) is 5.02 Å². The first-order chi connectivity index (χ1) is 7.54. The van der Waals surface area contributed by atoms with E-state index in [-0.39, 0.29) is 18.9 Å². The number of hydrogen-bond acceptors (Lipinski definition) is 3. The maximum Gasteiger partial charge on any atom is 0.147 e. The van der Waals surface area contributed by atoms with Crippen LogP contribution in [0, 0.1) is 6.92 Å². The van der Waals surface area contributed by atoms with Gasteiger partial charge in [-0.25, -0.2) is 0 Å². The number of nitrogens with one attached hydrogen (secondary N) is 1. The van der Waals surface area contributed by atoms with Gasteiger partial charge in [-0.3, -0.25) is 5.32 Å². The number of halogens is 1. The third-order valence-electron chi connectivity index (χ3n) is 2.25. The fourth-order valence-electron chi connectivity index (χ4n) is 1.43. The van der Waals surface area contributed by atoms with E-state index < -0.39 is 0 Å². The molecule has 0 heterocycles. The summed E-state index contributed by atoms with van der Waals surface area (Å²) in [6, 6.07) is 5.63. The van der Waals surface area contributed by atoms with Crippen molar-refractivity contribution in [3.63, 3.8) is 0 Å². The van der Waals surface area contributed by atoms with Gasteiger partial charge in [0.05, 0.1) is 11.6 Å². The summed E-state index contributed by atoms with van der Waals surface area (Å²) in [5.41, 5.74) is 0.998. The first-order valence-electron chi connectivity index (χ1n) is 5.33. The Morgan fingerprint density at radius 2 is 2.12 bits per heavy atom. The summed E-state index contributed by atoms with van der Waals surface area (Å²) in [6.45, 7) is 5.80. The Hall–Kier alpha value is -0.770. The zero-order valence-corrected chi connectivity index (χ0v) is 10.6. The Kier molecular flexibility index (Phi) is 5.06. The molecule has 90 valence electrons. The van der Waals surface area contributed by atoms with E-state index in [4.69, 9.17) is 21.4 Å². The van der Waals surface area contributed by atoms with Crippen LogP contribution in [-0.2, 0) is 0 Å². The topological polar surface area (TPSA) is 41.5 Å². The molecular formula is C12H18ClNO2. The number of ether oxygens (including phenoxy) is 1. The molecular weight excluding hydrogens is 226 g/mol. The normalized spacial score (nSPS) is 14.6. The average molecular weight is 244 g/mol. The number of aryl methyl sites for hydroxylation is 1. The Morgan fingerprint density at radius 1 is 1.44 bits per heavy atom. The second-order valence-corrected chi connectivity index (χ2v) is 4.30. The standard InChI is InChI=1S/C12H18ClNO2/c1-8-5-4-6-11(13)12(8)16-10(3)14-9(2)7-15/h4-6,9-10,14-15H,7H2,1-3H3. The highest BCUT2D eigenvalue weighted by atomic mass is 35.5. The minimum absolute atomic E-state index is 0.00204. The maximum atomic E-state index is 8.91. The fraction of sp³-hybridized carbons (Fsp3) is 0.500. The van der Waals surface area contributed by atoms with Gasteiger partial charge < -0.3 is 9.84 Å². The summed E-state index contributed by atoms with van der Waals surface area (Å²) in [5, 5.41) is 12.6. The van der Waals surface area contributed by atoms with Crippen molar-refractivity contribution in [2.24, 2.45) is 0 Å². The lowest BCUT2D eigenvalue weighted by molar-refractivity contribution is 0.143. The van der Waals surface area contributed by atoms with Crippen molar-refractivity contribution in [1.82, 2.24) is 5.32 Å². The van der Waals surface area contributed by atoms with Crippen molar-refractivity contribution in [1.29, 1.82) is 0 Å². The molecule has 1 aromatic carbocycles. The van der Waals surface area contributed by atoms with Gasteiger partial charge in [-0.15, -0.1) is 0 Å². The third kappa shape index (κ3) is 3.67. The van der Waals surface area contributed by atoms with E-state index >= 15 is 0 Å². The third-order valence-corrected chi connectivity index (χ3v) is 2.55. The quantitative estimate of drug-likeness (QED) is 0.780. The molecule has 0 bridgehead atoms. The molecule has 1 aromatic rings. The monoisotopic (exact) mass is 243 g/mol. The Balaban J connectivity index is 2.66. The second-order valence-electron chi connectivity index (χ2n) is 3.90. The SMILES string of the molecule is Cc1cccc(Cl)c1OC(C)NC(C)CO. The lowest BCUT2D eigenvalue weighted by Crippen LogP contribution is -2.40. The molecule has 2 atom stereocenters. The van der Waals surface area contributed by atoms with Gasteiger partial charge >= 0.3 is 0 Å². The molecule has 0 aliphatic rings. The smallest absolute Gasteiger partial charge is 0.147 e. The van der Waals surface area contributed by atoms with Gasteiger partial charge in [-0.05, 0) is 32.4 Å². The zero-order valence-electron chi connectivity index (χ0n) is 9.83. The molecule has 0 saturated heterocycles. The predicted molar refractivity (Wildman–Crippen MR) is 66.0 cm³/mol.